The molecule has 1 aliphatic carbocycles. The van der Waals surface area contributed by atoms with Crippen molar-refractivity contribution < 1.29 is 9.59 Å². The van der Waals surface area contributed by atoms with E-state index in [1.165, 1.54) is 11.8 Å². The van der Waals surface area contributed by atoms with Crippen LogP contribution >= 0.6 is 23.4 Å². The number of nitrogens with one attached hydrogen (secondary N) is 2. The van der Waals surface area contributed by atoms with Gasteiger partial charge in [-0.25, -0.2) is 0 Å². The molecule has 0 bridgehead atoms. The lowest BCUT2D eigenvalue weighted by Gasteiger charge is -2.12. The van der Waals surface area contributed by atoms with Crippen LogP contribution in [-0.2, 0) is 9.59 Å². The third-order valence-electron chi connectivity index (χ3n) is 3.86. The van der Waals surface area contributed by atoms with E-state index in [2.05, 4.69) is 10.6 Å². The molecular formula is C19H19ClN2O2S. The molecule has 0 radical (unpaired) electrons. The van der Waals surface area contributed by atoms with E-state index in [0.717, 1.165) is 29.1 Å². The SMILES string of the molecule is CC(Sc1ccc(NC(=O)C2CC2)cc1)C(=O)Nc1ccc(Cl)cc1. The lowest BCUT2D eigenvalue weighted by molar-refractivity contribution is -0.117. The van der Waals surface area contributed by atoms with E-state index in [0.29, 0.717) is 5.02 Å². The first kappa shape index (κ1) is 17.8. The van der Waals surface area contributed by atoms with Gasteiger partial charge >= 0.3 is 0 Å². The van der Waals surface area contributed by atoms with Crippen molar-refractivity contribution in [2.75, 3.05) is 10.6 Å². The fraction of sp³-hybridized carbons (Fsp3) is 0.263. The van der Waals surface area contributed by atoms with Gasteiger partial charge in [0.05, 0.1) is 5.25 Å². The maximum atomic E-state index is 12.3. The molecule has 130 valence electrons. The van der Waals surface area contributed by atoms with Crippen molar-refractivity contribution in [1.82, 2.24) is 0 Å². The van der Waals surface area contributed by atoms with Crippen LogP contribution in [0.5, 0.6) is 0 Å². The normalized spacial score (nSPS) is 14.6. The van der Waals surface area contributed by atoms with Crippen molar-refractivity contribution in [3.05, 3.63) is 53.6 Å². The van der Waals surface area contributed by atoms with E-state index in [4.69, 9.17) is 11.6 Å². The summed E-state index contributed by atoms with van der Waals surface area (Å²) in [5, 5.41) is 6.16. The Bertz CT molecular complexity index is 758. The van der Waals surface area contributed by atoms with Crippen LogP contribution in [0.25, 0.3) is 0 Å². The summed E-state index contributed by atoms with van der Waals surface area (Å²) in [6.07, 6.45) is 1.97. The van der Waals surface area contributed by atoms with E-state index in [1.54, 1.807) is 24.3 Å². The Morgan fingerprint density at radius 1 is 1.00 bits per heavy atom. The van der Waals surface area contributed by atoms with E-state index in [-0.39, 0.29) is 23.0 Å². The number of hydrogen-bond acceptors (Lipinski definition) is 3. The van der Waals surface area contributed by atoms with Gasteiger partial charge in [-0.2, -0.15) is 0 Å². The Hall–Kier alpha value is -1.98. The van der Waals surface area contributed by atoms with Crippen LogP contribution < -0.4 is 10.6 Å². The Kier molecular flexibility index (Phi) is 5.66. The number of rotatable bonds is 6. The predicted octanol–water partition coefficient (Wildman–Crippen LogP) is 4.81. The average molecular weight is 375 g/mol. The van der Waals surface area contributed by atoms with Crippen LogP contribution in [0.1, 0.15) is 19.8 Å². The highest BCUT2D eigenvalue weighted by molar-refractivity contribution is 8.00. The summed E-state index contributed by atoms with van der Waals surface area (Å²) in [5.41, 5.74) is 1.51. The molecule has 25 heavy (non-hydrogen) atoms. The Balaban J connectivity index is 1.52. The van der Waals surface area contributed by atoms with E-state index in [9.17, 15) is 9.59 Å². The highest BCUT2D eigenvalue weighted by Crippen LogP contribution is 2.31. The largest absolute Gasteiger partial charge is 0.326 e. The number of amides is 2. The molecule has 1 saturated carbocycles. The molecule has 1 aliphatic rings. The van der Waals surface area contributed by atoms with Crippen LogP contribution in [0, 0.1) is 5.92 Å². The second kappa shape index (κ2) is 7.93. The highest BCUT2D eigenvalue weighted by Gasteiger charge is 2.29. The Morgan fingerprint density at radius 2 is 1.56 bits per heavy atom. The molecule has 1 unspecified atom stereocenters. The van der Waals surface area contributed by atoms with Crippen molar-refractivity contribution >= 4 is 46.6 Å². The maximum absolute atomic E-state index is 12.3. The van der Waals surface area contributed by atoms with Crippen LogP contribution in [0.4, 0.5) is 11.4 Å². The summed E-state index contributed by atoms with van der Waals surface area (Å²) in [5.74, 6) is 0.209. The van der Waals surface area contributed by atoms with Gasteiger partial charge in [0, 0.05) is 27.2 Å². The topological polar surface area (TPSA) is 58.2 Å². The third kappa shape index (κ3) is 5.25. The zero-order valence-corrected chi connectivity index (χ0v) is 15.4. The first-order valence-electron chi connectivity index (χ1n) is 8.15. The van der Waals surface area contributed by atoms with Gasteiger partial charge in [-0.05, 0) is 68.3 Å². The summed E-state index contributed by atoms with van der Waals surface area (Å²) >= 11 is 7.31. The van der Waals surface area contributed by atoms with Crippen molar-refractivity contribution in [2.45, 2.75) is 29.9 Å². The Morgan fingerprint density at radius 3 is 2.16 bits per heavy atom. The molecule has 0 spiro atoms. The molecule has 2 amide bonds. The summed E-state index contributed by atoms with van der Waals surface area (Å²) in [6, 6.07) is 14.6. The minimum Gasteiger partial charge on any atom is -0.326 e. The molecule has 2 N–H and O–H groups in total. The van der Waals surface area contributed by atoms with Gasteiger partial charge < -0.3 is 10.6 Å². The smallest absolute Gasteiger partial charge is 0.237 e. The number of carbonyl (C=O) groups is 2. The summed E-state index contributed by atoms with van der Waals surface area (Å²) < 4.78 is 0. The minimum absolute atomic E-state index is 0.0709. The number of hydrogen-bond donors (Lipinski definition) is 2. The van der Waals surface area contributed by atoms with E-state index in [1.807, 2.05) is 31.2 Å². The summed E-state index contributed by atoms with van der Waals surface area (Å²) in [4.78, 5) is 25.0. The Labute approximate surface area is 156 Å². The summed E-state index contributed by atoms with van der Waals surface area (Å²) in [7, 11) is 0. The maximum Gasteiger partial charge on any atom is 0.237 e. The van der Waals surface area contributed by atoms with Crippen LogP contribution in [0.15, 0.2) is 53.4 Å². The highest BCUT2D eigenvalue weighted by atomic mass is 35.5. The number of anilines is 2. The van der Waals surface area contributed by atoms with Crippen molar-refractivity contribution in [3.63, 3.8) is 0 Å². The molecule has 2 aromatic rings. The first-order valence-corrected chi connectivity index (χ1v) is 9.41. The van der Waals surface area contributed by atoms with Crippen molar-refractivity contribution in [2.24, 2.45) is 5.92 Å². The van der Waals surface area contributed by atoms with Gasteiger partial charge in [-0.3, -0.25) is 9.59 Å². The molecule has 3 rings (SSSR count). The average Bonchev–Trinajstić information content (AvgIpc) is 3.43. The molecule has 1 fully saturated rings. The third-order valence-corrected chi connectivity index (χ3v) is 5.23. The fourth-order valence-corrected chi connectivity index (χ4v) is 3.23. The molecule has 1 atom stereocenters. The van der Waals surface area contributed by atoms with Crippen LogP contribution in [0.3, 0.4) is 0 Å². The zero-order valence-electron chi connectivity index (χ0n) is 13.8. The monoisotopic (exact) mass is 374 g/mol. The van der Waals surface area contributed by atoms with Gasteiger partial charge in [0.15, 0.2) is 0 Å². The van der Waals surface area contributed by atoms with Crippen LogP contribution in [-0.4, -0.2) is 17.1 Å². The standard InChI is InChI=1S/C19H19ClN2O2S/c1-12(18(23)21-15-6-4-14(20)5-7-15)25-17-10-8-16(9-11-17)22-19(24)13-2-3-13/h4-13H,2-3H2,1H3,(H,21,23)(H,22,24). The number of benzene rings is 2. The van der Waals surface area contributed by atoms with Crippen molar-refractivity contribution in [3.8, 4) is 0 Å². The van der Waals surface area contributed by atoms with Gasteiger partial charge in [-0.15, -0.1) is 11.8 Å². The number of halogens is 1. The molecule has 4 nitrogen and oxygen atoms in total. The molecule has 6 heteroatoms. The summed E-state index contributed by atoms with van der Waals surface area (Å²) in [6.45, 7) is 1.86. The van der Waals surface area contributed by atoms with Gasteiger partial charge in [0.25, 0.3) is 0 Å². The van der Waals surface area contributed by atoms with Gasteiger partial charge in [0.2, 0.25) is 11.8 Å². The molecule has 2 aromatic carbocycles. The zero-order chi connectivity index (χ0) is 17.8. The molecule has 0 aromatic heterocycles. The molecule has 0 saturated heterocycles. The van der Waals surface area contributed by atoms with Gasteiger partial charge in [-0.1, -0.05) is 11.6 Å². The number of carbonyl (C=O) groups excluding carboxylic acids is 2. The van der Waals surface area contributed by atoms with Crippen LogP contribution in [0.2, 0.25) is 5.02 Å². The van der Waals surface area contributed by atoms with E-state index < -0.39 is 0 Å². The number of thioether (sulfide) groups is 1. The quantitative estimate of drug-likeness (QED) is 0.713. The minimum atomic E-state index is -0.248. The van der Waals surface area contributed by atoms with Crippen molar-refractivity contribution in [1.29, 1.82) is 0 Å². The lowest BCUT2D eigenvalue weighted by atomic mass is 10.3. The molecular weight excluding hydrogens is 356 g/mol. The molecule has 0 aliphatic heterocycles. The molecule has 0 heterocycles. The first-order chi connectivity index (χ1) is 12.0. The van der Waals surface area contributed by atoms with Gasteiger partial charge in [0.1, 0.15) is 0 Å². The second-order valence-electron chi connectivity index (χ2n) is 6.04. The van der Waals surface area contributed by atoms with E-state index >= 15 is 0 Å². The second-order valence-corrected chi connectivity index (χ2v) is 7.89. The fourth-order valence-electron chi connectivity index (χ4n) is 2.24. The lowest BCUT2D eigenvalue weighted by Crippen LogP contribution is -2.22. The predicted molar refractivity (Wildman–Crippen MR) is 103 cm³/mol.